The van der Waals surface area contributed by atoms with Crippen LogP contribution in [0.3, 0.4) is 0 Å². The van der Waals surface area contributed by atoms with Crippen LogP contribution >= 0.6 is 0 Å². The van der Waals surface area contributed by atoms with Crippen LogP contribution in [0.2, 0.25) is 0 Å². The van der Waals surface area contributed by atoms with Crippen molar-refractivity contribution in [3.05, 3.63) is 42.5 Å². The molecule has 5 rings (SSSR count). The quantitative estimate of drug-likeness (QED) is 0.557. The molecule has 5 heteroatoms. The molecule has 1 N–H and O–H groups in total. The normalized spacial score (nSPS) is 26.3. The predicted octanol–water partition coefficient (Wildman–Crippen LogP) is 5.71. The Balaban J connectivity index is 1.37. The van der Waals surface area contributed by atoms with Crippen LogP contribution < -0.4 is 10.1 Å². The fraction of sp³-hybridized carbons (Fsp3) is 0.600. The maximum Gasteiger partial charge on any atom is 0.245 e. The van der Waals surface area contributed by atoms with Gasteiger partial charge in [0.05, 0.1) is 6.04 Å². The number of fused-ring (bicyclic) bond motifs is 2. The SMILES string of the molecule is CC[C@@H](C)C(=O)N[C@H](C(=O)N1CC[C@H]2CC[C@H](Oc3cccc4ccccc34)[C@H]21)C1CCCCC1. The van der Waals surface area contributed by atoms with E-state index in [1.807, 2.05) is 38.1 Å². The highest BCUT2D eigenvalue weighted by Crippen LogP contribution is 2.42. The number of hydrogen-bond acceptors (Lipinski definition) is 3. The molecule has 0 radical (unpaired) electrons. The Labute approximate surface area is 209 Å². The second-order valence-electron chi connectivity index (χ2n) is 11.0. The molecule has 2 saturated carbocycles. The van der Waals surface area contributed by atoms with Gasteiger partial charge in [-0.25, -0.2) is 0 Å². The van der Waals surface area contributed by atoms with Gasteiger partial charge in [-0.05, 0) is 61.8 Å². The molecule has 3 aliphatic rings. The molecule has 2 aromatic carbocycles. The van der Waals surface area contributed by atoms with Gasteiger partial charge < -0.3 is 15.0 Å². The Bertz CT molecular complexity index is 1040. The molecule has 0 bridgehead atoms. The van der Waals surface area contributed by atoms with Crippen LogP contribution in [0.5, 0.6) is 5.75 Å². The number of ether oxygens (including phenoxy) is 1. The van der Waals surface area contributed by atoms with Gasteiger partial charge in [-0.1, -0.05) is 69.5 Å². The number of nitrogens with zero attached hydrogens (tertiary/aromatic N) is 1. The van der Waals surface area contributed by atoms with Crippen LogP contribution in [0.4, 0.5) is 0 Å². The van der Waals surface area contributed by atoms with Crippen molar-refractivity contribution < 1.29 is 14.3 Å². The van der Waals surface area contributed by atoms with E-state index in [2.05, 4.69) is 28.4 Å². The standard InChI is InChI=1S/C30H40N2O3/c1-3-20(2)29(33)31-27(22-11-5-4-6-12-22)30(34)32-19-18-23-16-17-26(28(23)32)35-25-15-9-13-21-10-7-8-14-24(21)25/h7-10,13-15,20,22-23,26-28H,3-6,11-12,16-19H2,1-2H3,(H,31,33)/t20-,23-,26+,27+,28+/m1/s1. The van der Waals surface area contributed by atoms with Gasteiger partial charge in [-0.3, -0.25) is 9.59 Å². The van der Waals surface area contributed by atoms with E-state index in [-0.39, 0.29) is 35.8 Å². The minimum absolute atomic E-state index is 0.00507. The Morgan fingerprint density at radius 3 is 2.57 bits per heavy atom. The number of carbonyl (C=O) groups excluding carboxylic acids is 2. The van der Waals surface area contributed by atoms with E-state index in [1.165, 1.54) is 11.8 Å². The second kappa shape index (κ2) is 10.6. The molecule has 1 aliphatic heterocycles. The van der Waals surface area contributed by atoms with Gasteiger partial charge in [0.2, 0.25) is 11.8 Å². The summed E-state index contributed by atoms with van der Waals surface area (Å²) in [4.78, 5) is 29.1. The zero-order chi connectivity index (χ0) is 24.4. The summed E-state index contributed by atoms with van der Waals surface area (Å²) in [6, 6.07) is 14.2. The highest BCUT2D eigenvalue weighted by Gasteiger charge is 2.49. The third kappa shape index (κ3) is 4.92. The average Bonchev–Trinajstić information content (AvgIpc) is 3.50. The predicted molar refractivity (Wildman–Crippen MR) is 139 cm³/mol. The van der Waals surface area contributed by atoms with E-state index in [1.54, 1.807) is 0 Å². The first-order valence-corrected chi connectivity index (χ1v) is 13.8. The molecule has 0 unspecified atom stereocenters. The first kappa shape index (κ1) is 24.1. The first-order valence-electron chi connectivity index (χ1n) is 13.8. The average molecular weight is 477 g/mol. The van der Waals surface area contributed by atoms with Gasteiger partial charge in [0.15, 0.2) is 0 Å². The van der Waals surface area contributed by atoms with Crippen LogP contribution in [-0.2, 0) is 9.59 Å². The molecule has 0 spiro atoms. The summed E-state index contributed by atoms with van der Waals surface area (Å²) in [5, 5.41) is 5.50. The number of likely N-dealkylation sites (tertiary alicyclic amines) is 1. The lowest BCUT2D eigenvalue weighted by molar-refractivity contribution is -0.141. The summed E-state index contributed by atoms with van der Waals surface area (Å²) in [5.41, 5.74) is 0. The van der Waals surface area contributed by atoms with E-state index >= 15 is 0 Å². The minimum Gasteiger partial charge on any atom is -0.488 e. The summed E-state index contributed by atoms with van der Waals surface area (Å²) in [6.45, 7) is 4.75. The van der Waals surface area contributed by atoms with Crippen molar-refractivity contribution in [3.8, 4) is 5.75 Å². The third-order valence-corrected chi connectivity index (χ3v) is 8.84. The summed E-state index contributed by atoms with van der Waals surface area (Å²) < 4.78 is 6.66. The number of hydrogen-bond donors (Lipinski definition) is 1. The van der Waals surface area contributed by atoms with Crippen LogP contribution in [-0.4, -0.2) is 41.4 Å². The molecular weight excluding hydrogens is 436 g/mol. The monoisotopic (exact) mass is 476 g/mol. The molecule has 1 heterocycles. The van der Waals surface area contributed by atoms with Crippen molar-refractivity contribution in [2.75, 3.05) is 6.54 Å². The molecule has 188 valence electrons. The topological polar surface area (TPSA) is 58.6 Å². The lowest BCUT2D eigenvalue weighted by Crippen LogP contribution is -2.56. The minimum atomic E-state index is -0.408. The van der Waals surface area contributed by atoms with E-state index in [4.69, 9.17) is 4.74 Å². The van der Waals surface area contributed by atoms with Crippen molar-refractivity contribution >= 4 is 22.6 Å². The van der Waals surface area contributed by atoms with Gasteiger partial charge in [-0.15, -0.1) is 0 Å². The summed E-state index contributed by atoms with van der Waals surface area (Å²) >= 11 is 0. The zero-order valence-corrected chi connectivity index (χ0v) is 21.2. The molecule has 2 aromatic rings. The number of amides is 2. The molecule has 2 aliphatic carbocycles. The van der Waals surface area contributed by atoms with Gasteiger partial charge in [0, 0.05) is 17.8 Å². The molecule has 0 aromatic heterocycles. The van der Waals surface area contributed by atoms with Gasteiger partial charge in [0.25, 0.3) is 0 Å². The molecule has 5 nitrogen and oxygen atoms in total. The summed E-state index contributed by atoms with van der Waals surface area (Å²) in [5.74, 6) is 1.69. The Morgan fingerprint density at radius 1 is 1.00 bits per heavy atom. The van der Waals surface area contributed by atoms with E-state index in [0.717, 1.165) is 69.0 Å². The highest BCUT2D eigenvalue weighted by atomic mass is 16.5. The molecule has 2 amide bonds. The highest BCUT2D eigenvalue weighted by molar-refractivity contribution is 5.89. The van der Waals surface area contributed by atoms with Crippen molar-refractivity contribution in [2.45, 2.75) is 89.8 Å². The number of carbonyl (C=O) groups is 2. The second-order valence-corrected chi connectivity index (χ2v) is 11.0. The Kier molecular flexibility index (Phi) is 7.31. The maximum atomic E-state index is 14.1. The van der Waals surface area contributed by atoms with Crippen LogP contribution in [0.25, 0.3) is 10.8 Å². The smallest absolute Gasteiger partial charge is 0.245 e. The molecule has 5 atom stereocenters. The van der Waals surface area contributed by atoms with E-state index in [0.29, 0.717) is 5.92 Å². The fourth-order valence-corrected chi connectivity index (χ4v) is 6.60. The lowest BCUT2D eigenvalue weighted by atomic mass is 9.83. The van der Waals surface area contributed by atoms with Crippen LogP contribution in [0.1, 0.15) is 71.6 Å². The first-order chi connectivity index (χ1) is 17.1. The zero-order valence-electron chi connectivity index (χ0n) is 21.2. The number of rotatable bonds is 7. The fourth-order valence-electron chi connectivity index (χ4n) is 6.60. The van der Waals surface area contributed by atoms with Gasteiger partial charge in [0.1, 0.15) is 17.9 Å². The van der Waals surface area contributed by atoms with Crippen LogP contribution in [0.15, 0.2) is 42.5 Å². The molecule has 35 heavy (non-hydrogen) atoms. The van der Waals surface area contributed by atoms with Crippen molar-refractivity contribution in [1.82, 2.24) is 10.2 Å². The van der Waals surface area contributed by atoms with Gasteiger partial charge >= 0.3 is 0 Å². The lowest BCUT2D eigenvalue weighted by Gasteiger charge is -2.37. The van der Waals surface area contributed by atoms with E-state index < -0.39 is 6.04 Å². The number of benzene rings is 2. The van der Waals surface area contributed by atoms with Crippen molar-refractivity contribution in [2.24, 2.45) is 17.8 Å². The third-order valence-electron chi connectivity index (χ3n) is 8.84. The Hall–Kier alpha value is -2.56. The summed E-state index contributed by atoms with van der Waals surface area (Å²) in [6.07, 6.45) is 9.44. The van der Waals surface area contributed by atoms with Gasteiger partial charge in [-0.2, -0.15) is 0 Å². The molecule has 3 fully saturated rings. The van der Waals surface area contributed by atoms with Crippen molar-refractivity contribution in [3.63, 3.8) is 0 Å². The number of nitrogens with one attached hydrogen (secondary N) is 1. The largest absolute Gasteiger partial charge is 0.488 e. The van der Waals surface area contributed by atoms with E-state index in [9.17, 15) is 9.59 Å². The maximum absolute atomic E-state index is 14.1. The molecule has 1 saturated heterocycles. The van der Waals surface area contributed by atoms with Crippen molar-refractivity contribution in [1.29, 1.82) is 0 Å². The Morgan fingerprint density at radius 2 is 1.77 bits per heavy atom. The van der Waals surface area contributed by atoms with Crippen LogP contribution in [0, 0.1) is 17.8 Å². The summed E-state index contributed by atoms with van der Waals surface area (Å²) in [7, 11) is 0. The molecular formula is C30H40N2O3.